The minimum atomic E-state index is -0.534. The normalized spacial score (nSPS) is 12.5. The van der Waals surface area contributed by atoms with Gasteiger partial charge in [-0.1, -0.05) is 29.0 Å². The second-order valence-corrected chi connectivity index (χ2v) is 6.17. The third-order valence-corrected chi connectivity index (χ3v) is 4.33. The number of aromatic nitrogens is 1. The number of carbonyl (C=O) groups is 1. The van der Waals surface area contributed by atoms with E-state index in [0.717, 1.165) is 16.0 Å². The van der Waals surface area contributed by atoms with Crippen LogP contribution in [0.3, 0.4) is 0 Å². The minimum Gasteiger partial charge on any atom is -0.456 e. The Balaban J connectivity index is 2.13. The Morgan fingerprint density at radius 3 is 2.87 bits per heavy atom. The van der Waals surface area contributed by atoms with Crippen LogP contribution in [0.2, 0.25) is 5.02 Å². The molecule has 1 heterocycles. The second kappa shape index (κ2) is 8.44. The van der Waals surface area contributed by atoms with Crippen LogP contribution in [0.15, 0.2) is 23.0 Å². The van der Waals surface area contributed by atoms with Crippen LogP contribution in [0.5, 0.6) is 0 Å². The fraction of sp³-hybridized carbons (Fsp3) is 0.467. The molecule has 0 aliphatic heterocycles. The Labute approximate surface area is 142 Å². The Hall–Kier alpha value is -1.41. The number of benzene rings is 1. The van der Waals surface area contributed by atoms with Crippen molar-refractivity contribution in [1.29, 1.82) is 0 Å². The Kier molecular flexibility index (Phi) is 6.59. The van der Waals surface area contributed by atoms with Crippen LogP contribution in [0.25, 0.3) is 10.2 Å². The first-order chi connectivity index (χ1) is 11.1. The first-order valence-electron chi connectivity index (χ1n) is 7.10. The van der Waals surface area contributed by atoms with Crippen molar-refractivity contribution in [3.8, 4) is 0 Å². The van der Waals surface area contributed by atoms with Crippen LogP contribution in [0, 0.1) is 0 Å². The molecule has 126 valence electrons. The van der Waals surface area contributed by atoms with Gasteiger partial charge in [0.05, 0.1) is 28.5 Å². The van der Waals surface area contributed by atoms with Crippen molar-refractivity contribution in [3.05, 3.63) is 32.9 Å². The highest BCUT2D eigenvalue weighted by Gasteiger charge is 2.18. The summed E-state index contributed by atoms with van der Waals surface area (Å²) in [4.78, 5) is 24.0. The molecule has 0 spiro atoms. The lowest BCUT2D eigenvalue weighted by Gasteiger charge is -2.17. The van der Waals surface area contributed by atoms with Crippen LogP contribution < -0.4 is 4.87 Å². The smallest absolute Gasteiger partial charge is 0.326 e. The van der Waals surface area contributed by atoms with E-state index in [1.54, 1.807) is 18.2 Å². The molecule has 2 rings (SSSR count). The van der Waals surface area contributed by atoms with Gasteiger partial charge in [0.15, 0.2) is 0 Å². The van der Waals surface area contributed by atoms with Crippen LogP contribution in [-0.4, -0.2) is 43.6 Å². The van der Waals surface area contributed by atoms with Gasteiger partial charge in [-0.2, -0.15) is 0 Å². The topological polar surface area (TPSA) is 66.8 Å². The number of esters is 1. The number of carbonyl (C=O) groups excluding carboxylic acids is 1. The van der Waals surface area contributed by atoms with E-state index in [1.165, 1.54) is 11.7 Å². The largest absolute Gasteiger partial charge is 0.456 e. The molecular formula is C15H18ClNO5S. The predicted molar refractivity (Wildman–Crippen MR) is 89.3 cm³/mol. The molecular weight excluding hydrogens is 342 g/mol. The molecule has 0 unspecified atom stereocenters. The van der Waals surface area contributed by atoms with E-state index < -0.39 is 12.1 Å². The molecule has 1 atom stereocenters. The van der Waals surface area contributed by atoms with Crippen molar-refractivity contribution in [2.45, 2.75) is 19.6 Å². The van der Waals surface area contributed by atoms with Gasteiger partial charge in [0.2, 0.25) is 0 Å². The van der Waals surface area contributed by atoms with Crippen molar-refractivity contribution < 1.29 is 19.0 Å². The summed E-state index contributed by atoms with van der Waals surface area (Å²) in [5.74, 6) is -0.534. The fourth-order valence-electron chi connectivity index (χ4n) is 2.13. The van der Waals surface area contributed by atoms with Gasteiger partial charge in [-0.05, 0) is 19.1 Å². The highest BCUT2D eigenvalue weighted by molar-refractivity contribution is 7.16. The van der Waals surface area contributed by atoms with Gasteiger partial charge < -0.3 is 14.2 Å². The number of rotatable bonds is 8. The Morgan fingerprint density at radius 1 is 1.39 bits per heavy atom. The van der Waals surface area contributed by atoms with Crippen molar-refractivity contribution in [2.75, 3.05) is 26.9 Å². The van der Waals surface area contributed by atoms with Gasteiger partial charge in [0, 0.05) is 13.7 Å². The molecule has 0 saturated carbocycles. The van der Waals surface area contributed by atoms with E-state index in [2.05, 4.69) is 0 Å². The number of fused-ring (bicyclic) bond motifs is 1. The number of hydrogen-bond donors (Lipinski definition) is 0. The third kappa shape index (κ3) is 4.54. The lowest BCUT2D eigenvalue weighted by atomic mass is 10.3. The van der Waals surface area contributed by atoms with E-state index in [-0.39, 0.29) is 24.6 Å². The van der Waals surface area contributed by atoms with Gasteiger partial charge in [-0.25, -0.2) is 0 Å². The summed E-state index contributed by atoms with van der Waals surface area (Å²) in [5, 5.41) is 0.427. The zero-order valence-corrected chi connectivity index (χ0v) is 14.5. The van der Waals surface area contributed by atoms with Crippen LogP contribution >= 0.6 is 22.9 Å². The van der Waals surface area contributed by atoms with Crippen molar-refractivity contribution in [1.82, 2.24) is 4.57 Å². The lowest BCUT2D eigenvalue weighted by Crippen LogP contribution is -2.31. The highest BCUT2D eigenvalue weighted by atomic mass is 35.5. The number of thiazole rings is 1. The Morgan fingerprint density at radius 2 is 2.17 bits per heavy atom. The summed E-state index contributed by atoms with van der Waals surface area (Å²) >= 11 is 7.18. The van der Waals surface area contributed by atoms with E-state index in [4.69, 9.17) is 25.8 Å². The summed E-state index contributed by atoms with van der Waals surface area (Å²) in [6, 6.07) is 5.23. The fourth-order valence-corrected chi connectivity index (χ4v) is 3.38. The molecule has 0 aliphatic rings. The van der Waals surface area contributed by atoms with Gasteiger partial charge in [0.25, 0.3) is 0 Å². The Bertz CT molecular complexity index is 726. The molecule has 8 heteroatoms. The van der Waals surface area contributed by atoms with E-state index in [1.807, 2.05) is 6.92 Å². The van der Waals surface area contributed by atoms with Crippen molar-refractivity contribution in [2.24, 2.45) is 0 Å². The summed E-state index contributed by atoms with van der Waals surface area (Å²) in [7, 11) is 1.52. The SMILES string of the molecule is CCOC[C@@H](COC)OC(=O)Cn1c(=O)sc2cccc(Cl)c21. The average molecular weight is 360 g/mol. The summed E-state index contributed by atoms with van der Waals surface area (Å²) in [6.07, 6.45) is -0.511. The molecule has 0 bridgehead atoms. The second-order valence-electron chi connectivity index (χ2n) is 4.77. The molecule has 23 heavy (non-hydrogen) atoms. The first kappa shape index (κ1) is 17.9. The van der Waals surface area contributed by atoms with Gasteiger partial charge in [-0.15, -0.1) is 0 Å². The predicted octanol–water partition coefficient (Wildman–Crippen LogP) is 2.31. The molecule has 0 aliphatic carbocycles. The van der Waals surface area contributed by atoms with Crippen molar-refractivity contribution in [3.63, 3.8) is 0 Å². The number of halogens is 1. The number of nitrogens with zero attached hydrogens (tertiary/aromatic N) is 1. The van der Waals surface area contributed by atoms with Crippen LogP contribution in [0.1, 0.15) is 6.92 Å². The van der Waals surface area contributed by atoms with E-state index in [0.29, 0.717) is 17.1 Å². The summed E-state index contributed by atoms with van der Waals surface area (Å²) < 4.78 is 17.6. The summed E-state index contributed by atoms with van der Waals surface area (Å²) in [6.45, 7) is 2.64. The standard InChI is InChI=1S/C15H18ClNO5S/c1-3-21-9-10(8-20-2)22-13(18)7-17-14-11(16)5-4-6-12(14)23-15(17)19/h4-6,10H,3,7-9H2,1-2H3/t10-/m1/s1. The average Bonchev–Trinajstić information content (AvgIpc) is 2.82. The monoisotopic (exact) mass is 359 g/mol. The molecule has 6 nitrogen and oxygen atoms in total. The maximum absolute atomic E-state index is 12.1. The number of ether oxygens (including phenoxy) is 3. The maximum Gasteiger partial charge on any atom is 0.326 e. The van der Waals surface area contributed by atoms with Crippen LogP contribution in [-0.2, 0) is 25.5 Å². The molecule has 0 amide bonds. The molecule has 1 aromatic carbocycles. The molecule has 2 aromatic rings. The van der Waals surface area contributed by atoms with Gasteiger partial charge >= 0.3 is 10.8 Å². The number of methoxy groups -OCH3 is 1. The minimum absolute atomic E-state index is 0.199. The highest BCUT2D eigenvalue weighted by Crippen LogP contribution is 2.25. The zero-order chi connectivity index (χ0) is 16.8. The molecule has 0 saturated heterocycles. The number of para-hydroxylation sites is 1. The first-order valence-corrected chi connectivity index (χ1v) is 8.30. The quantitative estimate of drug-likeness (QED) is 0.677. The third-order valence-electron chi connectivity index (χ3n) is 3.08. The lowest BCUT2D eigenvalue weighted by molar-refractivity contribution is -0.156. The molecule has 0 N–H and O–H groups in total. The van der Waals surface area contributed by atoms with E-state index >= 15 is 0 Å². The maximum atomic E-state index is 12.1. The van der Waals surface area contributed by atoms with Gasteiger partial charge in [0.1, 0.15) is 12.6 Å². The molecule has 0 radical (unpaired) electrons. The molecule has 0 fully saturated rings. The summed E-state index contributed by atoms with van der Waals surface area (Å²) in [5.41, 5.74) is 0.550. The van der Waals surface area contributed by atoms with Crippen molar-refractivity contribution >= 4 is 39.1 Å². The zero-order valence-electron chi connectivity index (χ0n) is 12.9. The van der Waals surface area contributed by atoms with Gasteiger partial charge in [-0.3, -0.25) is 14.2 Å². The van der Waals surface area contributed by atoms with Crippen LogP contribution in [0.4, 0.5) is 0 Å². The van der Waals surface area contributed by atoms with E-state index in [9.17, 15) is 9.59 Å². The number of hydrogen-bond acceptors (Lipinski definition) is 6. The molecule has 1 aromatic heterocycles.